The summed E-state index contributed by atoms with van der Waals surface area (Å²) in [5.74, 6) is 2.21. The number of aromatic nitrogens is 1. The second-order valence-electron chi connectivity index (χ2n) is 6.59. The summed E-state index contributed by atoms with van der Waals surface area (Å²) in [4.78, 5) is 8.80. The number of ether oxygens (including phenoxy) is 1. The standard InChI is InChI=1S/C22H26N4O2.HI/c1-15-5-8-18(9-6-15)21-26-19(14-28-21)13-25-22(23-3)24-12-17-7-10-20(27-4)16(2)11-17;/h5-11,14H,12-13H2,1-4H3,(H2,23,24,25);1H. The first-order chi connectivity index (χ1) is 13.6. The van der Waals surface area contributed by atoms with E-state index in [2.05, 4.69) is 33.6 Å². The molecule has 1 aromatic heterocycles. The Kier molecular flexibility index (Phi) is 8.50. The van der Waals surface area contributed by atoms with Gasteiger partial charge in [0.1, 0.15) is 12.0 Å². The quantitative estimate of drug-likeness (QED) is 0.294. The SMILES string of the molecule is CN=C(NCc1ccc(OC)c(C)c1)NCc1coc(-c2ccc(C)cc2)n1.I. The van der Waals surface area contributed by atoms with E-state index < -0.39 is 0 Å². The molecule has 6 nitrogen and oxygen atoms in total. The number of rotatable bonds is 6. The molecule has 0 saturated heterocycles. The molecule has 7 heteroatoms. The number of nitrogens with one attached hydrogen (secondary N) is 2. The first-order valence-corrected chi connectivity index (χ1v) is 9.18. The van der Waals surface area contributed by atoms with Crippen molar-refractivity contribution in [2.75, 3.05) is 14.2 Å². The fourth-order valence-corrected chi connectivity index (χ4v) is 2.85. The van der Waals surface area contributed by atoms with Gasteiger partial charge in [-0.3, -0.25) is 4.99 Å². The van der Waals surface area contributed by atoms with Gasteiger partial charge in [0.15, 0.2) is 5.96 Å². The topological polar surface area (TPSA) is 71.7 Å². The fraction of sp³-hybridized carbons (Fsp3) is 0.273. The van der Waals surface area contributed by atoms with Crippen LogP contribution < -0.4 is 15.4 Å². The van der Waals surface area contributed by atoms with E-state index in [1.807, 2.05) is 43.3 Å². The Bertz CT molecular complexity index is 952. The highest BCUT2D eigenvalue weighted by Gasteiger charge is 2.08. The normalized spacial score (nSPS) is 11.0. The number of halogens is 1. The molecule has 0 atom stereocenters. The summed E-state index contributed by atoms with van der Waals surface area (Å²) in [7, 11) is 3.43. The van der Waals surface area contributed by atoms with Crippen molar-refractivity contribution in [3.8, 4) is 17.2 Å². The molecule has 2 aromatic carbocycles. The van der Waals surface area contributed by atoms with Crippen LogP contribution in [0.15, 0.2) is 58.1 Å². The van der Waals surface area contributed by atoms with Crippen molar-refractivity contribution in [3.05, 3.63) is 71.1 Å². The molecular weight excluding hydrogens is 479 g/mol. The summed E-state index contributed by atoms with van der Waals surface area (Å²) >= 11 is 0. The average Bonchev–Trinajstić information content (AvgIpc) is 3.18. The van der Waals surface area contributed by atoms with Gasteiger partial charge in [0, 0.05) is 19.2 Å². The summed E-state index contributed by atoms with van der Waals surface area (Å²) in [6, 6.07) is 14.2. The van der Waals surface area contributed by atoms with Gasteiger partial charge in [-0.1, -0.05) is 29.8 Å². The lowest BCUT2D eigenvalue weighted by atomic mass is 10.1. The predicted octanol–water partition coefficient (Wildman–Crippen LogP) is 4.45. The van der Waals surface area contributed by atoms with Crippen molar-refractivity contribution in [3.63, 3.8) is 0 Å². The van der Waals surface area contributed by atoms with Crippen LogP contribution in [0, 0.1) is 13.8 Å². The van der Waals surface area contributed by atoms with Gasteiger partial charge in [-0.2, -0.15) is 0 Å². The van der Waals surface area contributed by atoms with Gasteiger partial charge >= 0.3 is 0 Å². The number of methoxy groups -OCH3 is 1. The highest BCUT2D eigenvalue weighted by Crippen LogP contribution is 2.19. The van der Waals surface area contributed by atoms with Crippen molar-refractivity contribution in [2.24, 2.45) is 4.99 Å². The summed E-state index contributed by atoms with van der Waals surface area (Å²) in [5, 5.41) is 6.56. The van der Waals surface area contributed by atoms with Gasteiger partial charge in [-0.25, -0.2) is 4.98 Å². The summed E-state index contributed by atoms with van der Waals surface area (Å²) in [6.45, 7) is 5.28. The van der Waals surface area contributed by atoms with E-state index in [4.69, 9.17) is 9.15 Å². The van der Waals surface area contributed by atoms with Gasteiger partial charge < -0.3 is 19.8 Å². The van der Waals surface area contributed by atoms with Gasteiger partial charge in [-0.05, 0) is 43.2 Å². The molecule has 0 radical (unpaired) electrons. The van der Waals surface area contributed by atoms with Crippen molar-refractivity contribution in [1.29, 1.82) is 0 Å². The molecule has 0 aliphatic rings. The van der Waals surface area contributed by atoms with Crippen LogP contribution in [-0.4, -0.2) is 25.1 Å². The van der Waals surface area contributed by atoms with E-state index in [0.717, 1.165) is 28.1 Å². The zero-order valence-electron chi connectivity index (χ0n) is 17.2. The van der Waals surface area contributed by atoms with Crippen LogP contribution in [0.1, 0.15) is 22.4 Å². The van der Waals surface area contributed by atoms with Crippen LogP contribution in [0.5, 0.6) is 5.75 Å². The zero-order valence-corrected chi connectivity index (χ0v) is 19.5. The minimum atomic E-state index is 0. The van der Waals surface area contributed by atoms with Crippen LogP contribution in [-0.2, 0) is 13.1 Å². The first kappa shape index (κ1) is 22.7. The molecule has 29 heavy (non-hydrogen) atoms. The van der Waals surface area contributed by atoms with Crippen molar-refractivity contribution >= 4 is 29.9 Å². The highest BCUT2D eigenvalue weighted by molar-refractivity contribution is 14.0. The molecular formula is C22H27IN4O2. The molecule has 3 rings (SSSR count). The van der Waals surface area contributed by atoms with Crippen molar-refractivity contribution in [2.45, 2.75) is 26.9 Å². The molecule has 3 aromatic rings. The second-order valence-corrected chi connectivity index (χ2v) is 6.59. The number of nitrogens with zero attached hydrogens (tertiary/aromatic N) is 2. The Morgan fingerprint density at radius 1 is 1.07 bits per heavy atom. The Hall–Kier alpha value is -2.55. The van der Waals surface area contributed by atoms with Crippen molar-refractivity contribution < 1.29 is 9.15 Å². The number of hydrogen-bond donors (Lipinski definition) is 2. The lowest BCUT2D eigenvalue weighted by molar-refractivity contribution is 0.411. The number of aryl methyl sites for hydroxylation is 2. The van der Waals surface area contributed by atoms with Gasteiger partial charge in [0.25, 0.3) is 0 Å². The van der Waals surface area contributed by atoms with Gasteiger partial charge in [0.05, 0.1) is 19.3 Å². The van der Waals surface area contributed by atoms with Crippen molar-refractivity contribution in [1.82, 2.24) is 15.6 Å². The van der Waals surface area contributed by atoms with Gasteiger partial charge in [0.2, 0.25) is 5.89 Å². The fourth-order valence-electron chi connectivity index (χ4n) is 2.85. The second kappa shape index (κ2) is 10.8. The largest absolute Gasteiger partial charge is 0.496 e. The maximum Gasteiger partial charge on any atom is 0.226 e. The first-order valence-electron chi connectivity index (χ1n) is 9.18. The monoisotopic (exact) mass is 506 g/mol. The maximum atomic E-state index is 5.60. The van der Waals surface area contributed by atoms with E-state index >= 15 is 0 Å². The van der Waals surface area contributed by atoms with Crippen LogP contribution in [0.25, 0.3) is 11.5 Å². The van der Waals surface area contributed by atoms with Crippen LogP contribution in [0.2, 0.25) is 0 Å². The van der Waals surface area contributed by atoms with Gasteiger partial charge in [-0.15, -0.1) is 24.0 Å². The van der Waals surface area contributed by atoms with E-state index in [1.165, 1.54) is 5.56 Å². The molecule has 0 aliphatic carbocycles. The lowest BCUT2D eigenvalue weighted by Crippen LogP contribution is -2.36. The van der Waals surface area contributed by atoms with E-state index in [-0.39, 0.29) is 24.0 Å². The Morgan fingerprint density at radius 2 is 1.79 bits per heavy atom. The van der Waals surface area contributed by atoms with E-state index in [1.54, 1.807) is 20.4 Å². The van der Waals surface area contributed by atoms with Crippen LogP contribution >= 0.6 is 24.0 Å². The zero-order chi connectivity index (χ0) is 19.9. The summed E-state index contributed by atoms with van der Waals surface area (Å²) in [6.07, 6.45) is 1.67. The van der Waals surface area contributed by atoms with E-state index in [0.29, 0.717) is 24.9 Å². The smallest absolute Gasteiger partial charge is 0.226 e. The van der Waals surface area contributed by atoms with Crippen LogP contribution in [0.4, 0.5) is 0 Å². The van der Waals surface area contributed by atoms with Crippen LogP contribution in [0.3, 0.4) is 0 Å². The molecule has 0 amide bonds. The summed E-state index contributed by atoms with van der Waals surface area (Å²) in [5.41, 5.74) is 5.26. The molecule has 0 unspecified atom stereocenters. The molecule has 0 spiro atoms. The maximum absolute atomic E-state index is 5.60. The Balaban J connectivity index is 0.00000300. The third-order valence-electron chi connectivity index (χ3n) is 4.43. The molecule has 154 valence electrons. The minimum absolute atomic E-state index is 0. The number of oxazole rings is 1. The summed E-state index contributed by atoms with van der Waals surface area (Å²) < 4.78 is 10.9. The number of benzene rings is 2. The molecule has 0 fully saturated rings. The molecule has 0 bridgehead atoms. The third-order valence-corrected chi connectivity index (χ3v) is 4.43. The molecule has 2 N–H and O–H groups in total. The number of guanidine groups is 1. The molecule has 1 heterocycles. The average molecular weight is 506 g/mol. The Morgan fingerprint density at radius 3 is 2.45 bits per heavy atom. The Labute approximate surface area is 188 Å². The molecule has 0 aliphatic heterocycles. The molecule has 0 saturated carbocycles. The number of hydrogen-bond acceptors (Lipinski definition) is 4. The minimum Gasteiger partial charge on any atom is -0.496 e. The lowest BCUT2D eigenvalue weighted by Gasteiger charge is -2.12. The highest BCUT2D eigenvalue weighted by atomic mass is 127. The predicted molar refractivity (Wildman–Crippen MR) is 127 cm³/mol. The number of aliphatic imine (C=N–C) groups is 1. The van der Waals surface area contributed by atoms with E-state index in [9.17, 15) is 0 Å². The third kappa shape index (κ3) is 6.22.